The number of allylic oxidation sites excluding steroid dienone is 1. The first-order valence-electron chi connectivity index (χ1n) is 9.82. The molecule has 5 nitrogen and oxygen atoms in total. The summed E-state index contributed by atoms with van der Waals surface area (Å²) in [5.74, 6) is 1.72. The minimum Gasteiger partial charge on any atom is -0.469 e. The van der Waals surface area contributed by atoms with Gasteiger partial charge in [-0.2, -0.15) is 0 Å². The summed E-state index contributed by atoms with van der Waals surface area (Å²) in [7, 11) is 0. The lowest BCUT2D eigenvalue weighted by atomic mass is 9.58. The van der Waals surface area contributed by atoms with Crippen LogP contribution in [0.2, 0.25) is 0 Å². The zero-order valence-corrected chi connectivity index (χ0v) is 16.1. The molecule has 8 atom stereocenters. The van der Waals surface area contributed by atoms with Gasteiger partial charge in [0, 0.05) is 24.2 Å². The molecular weight excluding hydrogens is 320 g/mol. The molecule has 1 saturated carbocycles. The van der Waals surface area contributed by atoms with Gasteiger partial charge in [-0.05, 0) is 38.0 Å². The average Bonchev–Trinajstić information content (AvgIpc) is 2.78. The van der Waals surface area contributed by atoms with Crippen molar-refractivity contribution in [2.24, 2.45) is 29.6 Å². The van der Waals surface area contributed by atoms with E-state index in [9.17, 15) is 0 Å². The molecule has 5 rings (SSSR count). The van der Waals surface area contributed by atoms with E-state index in [1.807, 2.05) is 6.92 Å². The minimum absolute atomic E-state index is 0.191. The molecule has 4 aliphatic heterocycles. The van der Waals surface area contributed by atoms with E-state index in [4.69, 9.17) is 24.0 Å². The monoisotopic (exact) mass is 352 g/mol. The van der Waals surface area contributed by atoms with Crippen LogP contribution in [0.1, 0.15) is 60.3 Å². The standard InChI is InChI=1S/C20H32O5/c1-11(2)14(5)21-17-13(4)16-8-7-12(3)15-9-10-19(6)23-18(22-17)20(15,16)25-24-19/h11-13,15-18H,5,7-10H2,1-4,6H3/t12-,13-,15+,16?,17?,18-,19+,20-/m1/s1. The first kappa shape index (κ1) is 17.8. The maximum Gasteiger partial charge on any atom is 0.205 e. The maximum absolute atomic E-state index is 6.37. The number of hydrogen-bond acceptors (Lipinski definition) is 5. The van der Waals surface area contributed by atoms with Gasteiger partial charge in [0.25, 0.3) is 0 Å². The van der Waals surface area contributed by atoms with Crippen molar-refractivity contribution in [3.8, 4) is 0 Å². The Kier molecular flexibility index (Phi) is 4.23. The second-order valence-electron chi connectivity index (χ2n) is 9.01. The fourth-order valence-electron chi connectivity index (χ4n) is 5.29. The van der Waals surface area contributed by atoms with Crippen molar-refractivity contribution in [1.29, 1.82) is 0 Å². The van der Waals surface area contributed by atoms with Gasteiger partial charge < -0.3 is 14.2 Å². The van der Waals surface area contributed by atoms with Gasteiger partial charge in [0.05, 0.1) is 5.76 Å². The Morgan fingerprint density at radius 3 is 2.60 bits per heavy atom. The molecule has 0 N–H and O–H groups in total. The highest BCUT2D eigenvalue weighted by atomic mass is 17.3. The Bertz CT molecular complexity index is 548. The Hall–Kier alpha value is -0.620. The summed E-state index contributed by atoms with van der Waals surface area (Å²) in [6, 6.07) is 0. The number of fused-ring (bicyclic) bond motifs is 2. The topological polar surface area (TPSA) is 46.2 Å². The Labute approximate surface area is 150 Å². The van der Waals surface area contributed by atoms with Crippen LogP contribution in [-0.2, 0) is 24.0 Å². The first-order chi connectivity index (χ1) is 11.8. The zero-order chi connectivity index (χ0) is 18.0. The van der Waals surface area contributed by atoms with E-state index in [0.717, 1.165) is 25.0 Å². The lowest BCUT2D eigenvalue weighted by Crippen LogP contribution is -2.70. The summed E-state index contributed by atoms with van der Waals surface area (Å²) in [4.78, 5) is 12.0. The molecule has 25 heavy (non-hydrogen) atoms. The van der Waals surface area contributed by atoms with Crippen molar-refractivity contribution >= 4 is 0 Å². The fraction of sp³-hybridized carbons (Fsp3) is 0.900. The molecule has 0 aromatic heterocycles. The number of rotatable bonds is 3. The highest BCUT2D eigenvalue weighted by molar-refractivity contribution is 5.09. The molecule has 0 aromatic carbocycles. The van der Waals surface area contributed by atoms with Crippen LogP contribution < -0.4 is 0 Å². The molecule has 5 aliphatic rings. The molecule has 4 saturated heterocycles. The van der Waals surface area contributed by atoms with Crippen LogP contribution in [0.25, 0.3) is 0 Å². The Morgan fingerprint density at radius 2 is 1.88 bits per heavy atom. The van der Waals surface area contributed by atoms with Gasteiger partial charge in [0.15, 0.2) is 11.9 Å². The highest BCUT2D eigenvalue weighted by Gasteiger charge is 2.69. The van der Waals surface area contributed by atoms with Crippen molar-refractivity contribution in [2.75, 3.05) is 0 Å². The molecule has 2 unspecified atom stereocenters. The summed E-state index contributed by atoms with van der Waals surface area (Å²) < 4.78 is 18.8. The Morgan fingerprint density at radius 1 is 1.12 bits per heavy atom. The summed E-state index contributed by atoms with van der Waals surface area (Å²) in [5.41, 5.74) is -0.522. The Balaban J connectivity index is 1.68. The molecule has 0 amide bonds. The van der Waals surface area contributed by atoms with E-state index in [1.54, 1.807) is 0 Å². The third kappa shape index (κ3) is 2.58. The third-order valence-electron chi connectivity index (χ3n) is 7.01. The van der Waals surface area contributed by atoms with E-state index < -0.39 is 17.7 Å². The summed E-state index contributed by atoms with van der Waals surface area (Å²) in [6.45, 7) is 14.7. The van der Waals surface area contributed by atoms with Gasteiger partial charge in [-0.1, -0.05) is 34.3 Å². The van der Waals surface area contributed by atoms with Crippen LogP contribution in [0, 0.1) is 29.6 Å². The van der Waals surface area contributed by atoms with E-state index in [-0.39, 0.29) is 18.1 Å². The van der Waals surface area contributed by atoms with Crippen LogP contribution in [-0.4, -0.2) is 24.0 Å². The van der Waals surface area contributed by atoms with Crippen LogP contribution in [0.5, 0.6) is 0 Å². The third-order valence-corrected chi connectivity index (χ3v) is 7.01. The SMILES string of the molecule is C=C(OC1O[C@@H]2O[C@]3(C)CC[C@H]4[C@H](C)CCC([C@H]1C)[C@@]24OO3)C(C)C. The maximum atomic E-state index is 6.37. The van der Waals surface area contributed by atoms with Crippen LogP contribution in [0.15, 0.2) is 12.3 Å². The van der Waals surface area contributed by atoms with Crippen molar-refractivity contribution in [2.45, 2.75) is 84.3 Å². The molecule has 5 heteroatoms. The first-order valence-corrected chi connectivity index (χ1v) is 9.82. The molecule has 5 fully saturated rings. The molecular formula is C20H32O5. The molecule has 0 radical (unpaired) electrons. The molecule has 1 spiro atoms. The van der Waals surface area contributed by atoms with Crippen LogP contribution >= 0.6 is 0 Å². The van der Waals surface area contributed by atoms with E-state index in [2.05, 4.69) is 34.3 Å². The van der Waals surface area contributed by atoms with E-state index >= 15 is 0 Å². The quantitative estimate of drug-likeness (QED) is 0.557. The van der Waals surface area contributed by atoms with Crippen LogP contribution in [0.4, 0.5) is 0 Å². The van der Waals surface area contributed by atoms with Gasteiger partial charge in [0.1, 0.15) is 0 Å². The fourth-order valence-corrected chi connectivity index (χ4v) is 5.29. The lowest BCUT2D eigenvalue weighted by Gasteiger charge is -2.60. The molecule has 0 aromatic rings. The van der Waals surface area contributed by atoms with Crippen molar-refractivity contribution < 1.29 is 24.0 Å². The second-order valence-corrected chi connectivity index (χ2v) is 9.01. The predicted molar refractivity (Wildman–Crippen MR) is 91.9 cm³/mol. The summed E-state index contributed by atoms with van der Waals surface area (Å²) in [5, 5.41) is 0. The van der Waals surface area contributed by atoms with Gasteiger partial charge in [-0.3, -0.25) is 0 Å². The molecule has 2 bridgehead atoms. The molecule has 142 valence electrons. The van der Waals surface area contributed by atoms with Gasteiger partial charge >= 0.3 is 0 Å². The lowest BCUT2D eigenvalue weighted by molar-refractivity contribution is -0.576. The predicted octanol–water partition coefficient (Wildman–Crippen LogP) is 4.38. The molecule has 4 heterocycles. The largest absolute Gasteiger partial charge is 0.469 e. The zero-order valence-electron chi connectivity index (χ0n) is 16.1. The normalized spacial score (nSPS) is 51.8. The molecule has 1 aliphatic carbocycles. The van der Waals surface area contributed by atoms with Crippen molar-refractivity contribution in [3.63, 3.8) is 0 Å². The van der Waals surface area contributed by atoms with Crippen molar-refractivity contribution in [1.82, 2.24) is 0 Å². The van der Waals surface area contributed by atoms with Gasteiger partial charge in [-0.15, -0.1) is 0 Å². The van der Waals surface area contributed by atoms with Crippen LogP contribution in [0.3, 0.4) is 0 Å². The summed E-state index contributed by atoms with van der Waals surface area (Å²) >= 11 is 0. The highest BCUT2D eigenvalue weighted by Crippen LogP contribution is 2.60. The van der Waals surface area contributed by atoms with E-state index in [1.165, 1.54) is 6.42 Å². The van der Waals surface area contributed by atoms with Gasteiger partial charge in [-0.25, -0.2) is 9.78 Å². The van der Waals surface area contributed by atoms with Crippen molar-refractivity contribution in [3.05, 3.63) is 12.3 Å². The smallest absolute Gasteiger partial charge is 0.205 e. The van der Waals surface area contributed by atoms with E-state index in [0.29, 0.717) is 17.8 Å². The average molecular weight is 352 g/mol. The second kappa shape index (κ2) is 5.95. The summed E-state index contributed by atoms with van der Waals surface area (Å²) in [6.07, 6.45) is 3.35. The van der Waals surface area contributed by atoms with Gasteiger partial charge in [0.2, 0.25) is 12.1 Å². The minimum atomic E-state index is -0.738. The number of ether oxygens (including phenoxy) is 3. The number of hydrogen-bond donors (Lipinski definition) is 0.